The second-order valence-corrected chi connectivity index (χ2v) is 14.3. The summed E-state index contributed by atoms with van der Waals surface area (Å²) in [5.74, 6) is 1.98. The lowest BCUT2D eigenvalue weighted by Gasteiger charge is -2.59. The van der Waals surface area contributed by atoms with Crippen LogP contribution in [0.3, 0.4) is 0 Å². The second-order valence-electron chi connectivity index (χ2n) is 12.4. The van der Waals surface area contributed by atoms with Crippen molar-refractivity contribution in [3.05, 3.63) is 11.6 Å². The van der Waals surface area contributed by atoms with Gasteiger partial charge in [-0.2, -0.15) is 5.10 Å². The molecule has 1 aliphatic heterocycles. The topological polar surface area (TPSA) is 83.0 Å². The molecule has 34 heavy (non-hydrogen) atoms. The van der Waals surface area contributed by atoms with E-state index in [2.05, 4.69) is 56.5 Å². The van der Waals surface area contributed by atoms with Crippen LogP contribution in [0, 0.1) is 28.6 Å². The zero-order valence-corrected chi connectivity index (χ0v) is 22.6. The molecular weight excluding hydrogens is 446 g/mol. The molecule has 0 aromatic rings. The highest BCUT2D eigenvalue weighted by molar-refractivity contribution is 8.03. The highest BCUT2D eigenvalue weighted by Gasteiger charge is 2.72. The summed E-state index contributed by atoms with van der Waals surface area (Å²) >= 11 is 2.02. The molecule has 1 amide bonds. The Labute approximate surface area is 209 Å². The van der Waals surface area contributed by atoms with Gasteiger partial charge in [-0.1, -0.05) is 25.5 Å². The molecular formula is C27H43N3O3S. The van der Waals surface area contributed by atoms with Crippen LogP contribution in [0.5, 0.6) is 0 Å². The lowest BCUT2D eigenvalue weighted by Crippen LogP contribution is -2.57. The fourth-order valence-electron chi connectivity index (χ4n) is 8.99. The van der Waals surface area contributed by atoms with Gasteiger partial charge in [-0.15, -0.1) is 11.8 Å². The molecule has 190 valence electrons. The molecule has 4 fully saturated rings. The summed E-state index contributed by atoms with van der Waals surface area (Å²) in [4.78, 5) is 12.0. The number of amides is 1. The van der Waals surface area contributed by atoms with Gasteiger partial charge in [0, 0.05) is 6.04 Å². The van der Waals surface area contributed by atoms with Crippen LogP contribution < -0.4 is 10.7 Å². The van der Waals surface area contributed by atoms with Gasteiger partial charge in [0.15, 0.2) is 0 Å². The Hall–Kier alpha value is -1.05. The van der Waals surface area contributed by atoms with Gasteiger partial charge in [-0.05, 0) is 101 Å². The highest BCUT2D eigenvalue weighted by atomic mass is 32.2. The number of ether oxygens (including phenoxy) is 1. The van der Waals surface area contributed by atoms with Crippen LogP contribution >= 0.6 is 11.8 Å². The number of aliphatic hydroxyl groups excluding tert-OH is 1. The molecule has 1 heterocycles. The van der Waals surface area contributed by atoms with Crippen LogP contribution in [0.25, 0.3) is 0 Å². The van der Waals surface area contributed by atoms with Crippen molar-refractivity contribution in [1.82, 2.24) is 10.7 Å². The number of thioether (sulfide) groups is 1. The summed E-state index contributed by atoms with van der Waals surface area (Å²) in [5, 5.41) is 18.9. The molecule has 3 saturated carbocycles. The average molecular weight is 490 g/mol. The summed E-state index contributed by atoms with van der Waals surface area (Å²) in [6, 6.07) is 0.334. The Kier molecular flexibility index (Phi) is 5.97. The third-order valence-corrected chi connectivity index (χ3v) is 12.4. The zero-order valence-electron chi connectivity index (χ0n) is 21.7. The number of hydrazone groups is 1. The normalized spacial score (nSPS) is 47.1. The van der Waals surface area contributed by atoms with E-state index in [9.17, 15) is 9.90 Å². The molecule has 0 aromatic carbocycles. The van der Waals surface area contributed by atoms with Crippen LogP contribution in [-0.4, -0.2) is 45.3 Å². The summed E-state index contributed by atoms with van der Waals surface area (Å²) in [5.41, 5.74) is 5.54. The summed E-state index contributed by atoms with van der Waals surface area (Å²) in [6.07, 6.45) is 9.48. The van der Waals surface area contributed by atoms with Crippen molar-refractivity contribution in [3.8, 4) is 0 Å². The van der Waals surface area contributed by atoms with Gasteiger partial charge in [0.25, 0.3) is 0 Å². The summed E-state index contributed by atoms with van der Waals surface area (Å²) in [6.45, 7) is 13.8. The van der Waals surface area contributed by atoms with Crippen LogP contribution in [-0.2, 0) is 4.74 Å². The number of hydrogen-bond acceptors (Lipinski definition) is 6. The van der Waals surface area contributed by atoms with Gasteiger partial charge in [-0.25, -0.2) is 10.2 Å². The molecule has 0 spiro atoms. The largest absolute Gasteiger partial charge is 0.449 e. The van der Waals surface area contributed by atoms with E-state index in [0.29, 0.717) is 30.4 Å². The van der Waals surface area contributed by atoms with Crippen LogP contribution in [0.15, 0.2) is 16.8 Å². The Morgan fingerprint density at radius 3 is 2.76 bits per heavy atom. The van der Waals surface area contributed by atoms with Gasteiger partial charge in [0.2, 0.25) is 0 Å². The maximum absolute atomic E-state index is 12.0. The van der Waals surface area contributed by atoms with Gasteiger partial charge < -0.3 is 9.84 Å². The first-order valence-electron chi connectivity index (χ1n) is 13.3. The van der Waals surface area contributed by atoms with Crippen molar-refractivity contribution < 1.29 is 14.6 Å². The Bertz CT molecular complexity index is 919. The lowest BCUT2D eigenvalue weighted by atomic mass is 9.47. The van der Waals surface area contributed by atoms with Crippen molar-refractivity contribution in [2.75, 3.05) is 6.61 Å². The fraction of sp³-hybridized carbons (Fsp3) is 0.852. The molecule has 7 heteroatoms. The molecule has 8 atom stereocenters. The maximum Gasteiger partial charge on any atom is 0.427 e. The number of aliphatic hydroxyl groups is 1. The van der Waals surface area contributed by atoms with Crippen molar-refractivity contribution in [2.45, 2.75) is 108 Å². The number of nitrogens with one attached hydrogen (secondary N) is 2. The molecule has 5 rings (SSSR count). The molecule has 4 aliphatic carbocycles. The van der Waals surface area contributed by atoms with Crippen molar-refractivity contribution in [2.24, 2.45) is 33.7 Å². The number of rotatable bonds is 3. The van der Waals surface area contributed by atoms with E-state index in [1.807, 2.05) is 18.7 Å². The van der Waals surface area contributed by atoms with Crippen molar-refractivity contribution in [3.63, 3.8) is 0 Å². The first-order valence-corrected chi connectivity index (χ1v) is 14.1. The van der Waals surface area contributed by atoms with Gasteiger partial charge >= 0.3 is 6.09 Å². The molecule has 0 radical (unpaired) electrons. The molecule has 8 unspecified atom stereocenters. The van der Waals surface area contributed by atoms with Crippen molar-refractivity contribution in [1.29, 1.82) is 0 Å². The zero-order chi connectivity index (χ0) is 24.5. The predicted molar refractivity (Wildman–Crippen MR) is 138 cm³/mol. The number of nitrogens with zero attached hydrogens (tertiary/aromatic N) is 1. The molecule has 3 N–H and O–H groups in total. The minimum absolute atomic E-state index is 0.0403. The monoisotopic (exact) mass is 489 g/mol. The number of fused-ring (bicyclic) bond motifs is 7. The number of carbonyl (C=O) groups is 1. The lowest BCUT2D eigenvalue weighted by molar-refractivity contribution is -0.0387. The van der Waals surface area contributed by atoms with E-state index < -0.39 is 6.09 Å². The van der Waals surface area contributed by atoms with E-state index >= 15 is 0 Å². The van der Waals surface area contributed by atoms with E-state index in [1.54, 1.807) is 0 Å². The van der Waals surface area contributed by atoms with Gasteiger partial charge in [-0.3, -0.25) is 5.32 Å². The van der Waals surface area contributed by atoms with Crippen LogP contribution in [0.1, 0.15) is 86.5 Å². The minimum Gasteiger partial charge on any atom is -0.449 e. The quantitative estimate of drug-likeness (QED) is 0.288. The van der Waals surface area contributed by atoms with E-state index in [1.165, 1.54) is 18.4 Å². The fourth-order valence-corrected chi connectivity index (χ4v) is 11.0. The standard InChI is InChI=1S/C27H43N3O3S/c1-7-33-23(32)30-29-16(2)27-22(28-24(3,4)34-27)15-21-19-9-8-17-14-18(31)10-12-25(17,5)20(19)11-13-26(21,27)6/h8,18-22,28,31H,7,9-15H2,1-6H3,(H,30,32). The van der Waals surface area contributed by atoms with Crippen molar-refractivity contribution >= 4 is 23.6 Å². The highest BCUT2D eigenvalue weighted by Crippen LogP contribution is 2.72. The average Bonchev–Trinajstić information content (AvgIpc) is 3.18. The first kappa shape index (κ1) is 24.6. The van der Waals surface area contributed by atoms with E-state index in [-0.39, 0.29) is 26.6 Å². The van der Waals surface area contributed by atoms with E-state index in [4.69, 9.17) is 4.74 Å². The molecule has 0 bridgehead atoms. The Morgan fingerprint density at radius 1 is 1.26 bits per heavy atom. The smallest absolute Gasteiger partial charge is 0.427 e. The number of hydrogen-bond donors (Lipinski definition) is 3. The summed E-state index contributed by atoms with van der Waals surface area (Å²) in [7, 11) is 0. The van der Waals surface area contributed by atoms with Gasteiger partial charge in [0.1, 0.15) is 0 Å². The predicted octanol–water partition coefficient (Wildman–Crippen LogP) is 5.22. The molecule has 0 aromatic heterocycles. The Morgan fingerprint density at radius 2 is 2.03 bits per heavy atom. The number of allylic oxidation sites excluding steroid dienone is 1. The Balaban J connectivity index is 1.50. The maximum atomic E-state index is 12.0. The third-order valence-electron chi connectivity index (χ3n) is 10.4. The summed E-state index contributed by atoms with van der Waals surface area (Å²) < 4.78 is 4.92. The van der Waals surface area contributed by atoms with Gasteiger partial charge in [0.05, 0.1) is 28.0 Å². The number of carbonyl (C=O) groups excluding carboxylic acids is 1. The molecule has 1 saturated heterocycles. The first-order chi connectivity index (χ1) is 16.0. The van der Waals surface area contributed by atoms with Crippen LogP contribution in [0.2, 0.25) is 0 Å². The SMILES string of the molecule is CCOC(=O)NN=C(C)C12SC(C)(C)NC1CC1C3CC=C4CC(O)CCC4(C)C3CCC12C. The molecule has 6 nitrogen and oxygen atoms in total. The second kappa shape index (κ2) is 8.24. The third kappa shape index (κ3) is 3.43. The van der Waals surface area contributed by atoms with E-state index in [0.717, 1.165) is 37.8 Å². The molecule has 5 aliphatic rings. The van der Waals surface area contributed by atoms with Crippen LogP contribution in [0.4, 0.5) is 4.79 Å². The minimum atomic E-state index is -0.481.